The van der Waals surface area contributed by atoms with Crippen LogP contribution < -0.4 is 0 Å². The summed E-state index contributed by atoms with van der Waals surface area (Å²) in [6, 6.07) is 32.9. The van der Waals surface area contributed by atoms with Crippen LogP contribution in [-0.2, 0) is 5.41 Å². The van der Waals surface area contributed by atoms with Crippen molar-refractivity contribution in [2.75, 3.05) is 0 Å². The monoisotopic (exact) mass is 392 g/mol. The van der Waals surface area contributed by atoms with Gasteiger partial charge in [-0.15, -0.1) is 0 Å². The van der Waals surface area contributed by atoms with E-state index in [1.807, 2.05) is 0 Å². The number of rotatable bonds is 5. The fourth-order valence-electron chi connectivity index (χ4n) is 3.32. The molecule has 0 atom stereocenters. The SMILES string of the molecule is [SnH][CH2]CC(c1ccccc1)(c1ccccc1)c1ccccc1. The summed E-state index contributed by atoms with van der Waals surface area (Å²) in [7, 11) is 0. The zero-order valence-electron chi connectivity index (χ0n) is 12.7. The molecule has 0 N–H and O–H groups in total. The third-order valence-electron chi connectivity index (χ3n) is 4.32. The van der Waals surface area contributed by atoms with Gasteiger partial charge in [-0.2, -0.15) is 0 Å². The van der Waals surface area contributed by atoms with Crippen molar-refractivity contribution in [1.29, 1.82) is 0 Å². The molecule has 22 heavy (non-hydrogen) atoms. The van der Waals surface area contributed by atoms with E-state index < -0.39 is 0 Å². The third-order valence-corrected chi connectivity index (χ3v) is 5.14. The van der Waals surface area contributed by atoms with Gasteiger partial charge in [-0.25, -0.2) is 0 Å². The first-order valence-corrected chi connectivity index (χ1v) is 10.1. The van der Waals surface area contributed by atoms with E-state index in [0.29, 0.717) is 0 Å². The summed E-state index contributed by atoms with van der Waals surface area (Å²) in [5, 5.41) is 0. The first-order chi connectivity index (χ1) is 10.9. The molecule has 2 radical (unpaired) electrons. The topological polar surface area (TPSA) is 0 Å². The molecule has 3 aromatic carbocycles. The van der Waals surface area contributed by atoms with Gasteiger partial charge in [-0.3, -0.25) is 0 Å². The second-order valence-corrected chi connectivity index (χ2v) is 7.19. The predicted molar refractivity (Wildman–Crippen MR) is 95.8 cm³/mol. The van der Waals surface area contributed by atoms with Gasteiger partial charge in [0.05, 0.1) is 0 Å². The normalized spacial score (nSPS) is 11.3. The van der Waals surface area contributed by atoms with Crippen LogP contribution in [0.2, 0.25) is 4.44 Å². The molecule has 1 heteroatoms. The molecular weight excluding hydrogens is 371 g/mol. The summed E-state index contributed by atoms with van der Waals surface area (Å²) in [4.78, 5) is 0. The van der Waals surface area contributed by atoms with Crippen molar-refractivity contribution in [3.05, 3.63) is 108 Å². The summed E-state index contributed by atoms with van der Waals surface area (Å²) in [5.74, 6) is 0. The molecule has 0 spiro atoms. The summed E-state index contributed by atoms with van der Waals surface area (Å²) in [5.41, 5.74) is 4.13. The van der Waals surface area contributed by atoms with E-state index in [9.17, 15) is 0 Å². The molecule has 0 amide bonds. The van der Waals surface area contributed by atoms with Gasteiger partial charge in [0.25, 0.3) is 0 Å². The quantitative estimate of drug-likeness (QED) is 0.436. The maximum absolute atomic E-state index is 2.27. The van der Waals surface area contributed by atoms with Gasteiger partial charge in [0.15, 0.2) is 0 Å². The Morgan fingerprint density at radius 3 is 1.14 bits per heavy atom. The van der Waals surface area contributed by atoms with Gasteiger partial charge in [0.1, 0.15) is 0 Å². The van der Waals surface area contributed by atoms with Crippen LogP contribution >= 0.6 is 0 Å². The van der Waals surface area contributed by atoms with E-state index in [2.05, 4.69) is 91.0 Å². The van der Waals surface area contributed by atoms with Crippen molar-refractivity contribution in [3.63, 3.8) is 0 Å². The van der Waals surface area contributed by atoms with E-state index in [1.165, 1.54) is 43.7 Å². The standard InChI is InChI=1S/C21H19.Sn.H/c1-2-21(18-12-6-3-7-13-18,19-14-8-4-9-15-19)20-16-10-5-11-17-20;;/h3-17H,1-2H2;;. The Kier molecular flexibility index (Phi) is 4.99. The summed E-state index contributed by atoms with van der Waals surface area (Å²) in [6.07, 6.45) is 1.16. The molecule has 0 saturated heterocycles. The van der Waals surface area contributed by atoms with Crippen LogP contribution in [-0.4, -0.2) is 22.5 Å². The van der Waals surface area contributed by atoms with E-state index in [1.54, 1.807) is 0 Å². The van der Waals surface area contributed by atoms with Crippen molar-refractivity contribution in [2.45, 2.75) is 16.3 Å². The van der Waals surface area contributed by atoms with Crippen molar-refractivity contribution in [3.8, 4) is 0 Å². The minimum absolute atomic E-state index is 0.0384. The maximum atomic E-state index is 2.27. The van der Waals surface area contributed by atoms with Crippen LogP contribution in [0.5, 0.6) is 0 Å². The second-order valence-electron chi connectivity index (χ2n) is 5.54. The number of hydrogen-bond donors (Lipinski definition) is 0. The Hall–Kier alpha value is -1.54. The predicted octanol–water partition coefficient (Wildman–Crippen LogP) is 4.73. The average molecular weight is 391 g/mol. The molecule has 0 aromatic heterocycles. The van der Waals surface area contributed by atoms with Crippen molar-refractivity contribution >= 4 is 22.5 Å². The summed E-state index contributed by atoms with van der Waals surface area (Å²) < 4.78 is 1.27. The molecule has 108 valence electrons. The Morgan fingerprint density at radius 1 is 0.545 bits per heavy atom. The van der Waals surface area contributed by atoms with Crippen LogP contribution in [0.3, 0.4) is 0 Å². The molecule has 3 aromatic rings. The molecule has 0 bridgehead atoms. The zero-order chi connectivity index (χ0) is 15.3. The molecule has 0 nitrogen and oxygen atoms in total. The van der Waals surface area contributed by atoms with Gasteiger partial charge < -0.3 is 0 Å². The van der Waals surface area contributed by atoms with Crippen LogP contribution in [0, 0.1) is 0 Å². The van der Waals surface area contributed by atoms with Crippen LogP contribution in [0.25, 0.3) is 0 Å². The molecule has 0 fully saturated rings. The van der Waals surface area contributed by atoms with E-state index in [-0.39, 0.29) is 5.41 Å². The molecule has 3 rings (SSSR count). The Bertz CT molecular complexity index is 593. The molecule has 0 heterocycles. The molecular formula is C21H20Sn. The molecule has 0 aliphatic carbocycles. The van der Waals surface area contributed by atoms with Crippen molar-refractivity contribution in [1.82, 2.24) is 0 Å². The summed E-state index contributed by atoms with van der Waals surface area (Å²) in [6.45, 7) is 0. The Balaban J connectivity index is 2.29. The zero-order valence-corrected chi connectivity index (χ0v) is 15.9. The van der Waals surface area contributed by atoms with Gasteiger partial charge in [-0.05, 0) is 0 Å². The van der Waals surface area contributed by atoms with Gasteiger partial charge >= 0.3 is 146 Å². The van der Waals surface area contributed by atoms with Crippen molar-refractivity contribution in [2.24, 2.45) is 0 Å². The van der Waals surface area contributed by atoms with E-state index in [4.69, 9.17) is 0 Å². The summed E-state index contributed by atoms with van der Waals surface area (Å²) >= 11 is 1.29. The van der Waals surface area contributed by atoms with E-state index >= 15 is 0 Å². The molecule has 0 saturated carbocycles. The average Bonchev–Trinajstić information content (AvgIpc) is 2.62. The third kappa shape index (κ3) is 2.85. The Labute approximate surface area is 146 Å². The molecule has 0 aliphatic heterocycles. The Morgan fingerprint density at radius 2 is 0.864 bits per heavy atom. The van der Waals surface area contributed by atoms with Crippen LogP contribution in [0.1, 0.15) is 23.1 Å². The van der Waals surface area contributed by atoms with Gasteiger partial charge in [0, 0.05) is 0 Å². The molecule has 0 unspecified atom stereocenters. The van der Waals surface area contributed by atoms with Crippen LogP contribution in [0.15, 0.2) is 91.0 Å². The van der Waals surface area contributed by atoms with Crippen molar-refractivity contribution < 1.29 is 0 Å². The van der Waals surface area contributed by atoms with Crippen LogP contribution in [0.4, 0.5) is 0 Å². The van der Waals surface area contributed by atoms with E-state index in [0.717, 1.165) is 6.42 Å². The minimum atomic E-state index is -0.0384. The first kappa shape index (κ1) is 15.4. The van der Waals surface area contributed by atoms with Gasteiger partial charge in [0.2, 0.25) is 0 Å². The number of benzene rings is 3. The fraction of sp³-hybridized carbons (Fsp3) is 0.143. The fourth-order valence-corrected chi connectivity index (χ4v) is 4.55. The first-order valence-electron chi connectivity index (χ1n) is 7.74. The molecule has 0 aliphatic rings. The second kappa shape index (κ2) is 7.15. The van der Waals surface area contributed by atoms with Gasteiger partial charge in [-0.1, -0.05) is 0 Å². The number of hydrogen-bond acceptors (Lipinski definition) is 0.